The van der Waals surface area contributed by atoms with Gasteiger partial charge >= 0.3 is 0 Å². The number of carbonyl (C=O) groups excluding carboxylic acids is 1. The van der Waals surface area contributed by atoms with Crippen LogP contribution in [-0.2, 0) is 4.79 Å². The Morgan fingerprint density at radius 1 is 1.29 bits per heavy atom. The number of nitrogens with zero attached hydrogens (tertiary/aromatic N) is 1. The second kappa shape index (κ2) is 5.38. The van der Waals surface area contributed by atoms with Crippen molar-refractivity contribution < 1.29 is 4.79 Å². The monoisotopic (exact) mass is 240 g/mol. The van der Waals surface area contributed by atoms with Gasteiger partial charge in [-0.05, 0) is 24.2 Å². The predicted octanol–water partition coefficient (Wildman–Crippen LogP) is 2.40. The van der Waals surface area contributed by atoms with Gasteiger partial charge in [0.2, 0.25) is 5.91 Å². The zero-order valence-corrected chi connectivity index (χ0v) is 12.0. The fraction of sp³-hybridized carbons (Fsp3) is 0.929. The minimum absolute atomic E-state index is 0.0938. The van der Waals surface area contributed by atoms with Crippen molar-refractivity contribution in [3.63, 3.8) is 0 Å². The lowest BCUT2D eigenvalue weighted by molar-refractivity contribution is -0.137. The van der Waals surface area contributed by atoms with Gasteiger partial charge in [0.15, 0.2) is 0 Å². The van der Waals surface area contributed by atoms with Crippen LogP contribution >= 0.6 is 0 Å². The molecule has 0 aromatic heterocycles. The molecule has 1 rings (SSSR count). The maximum absolute atomic E-state index is 12.3. The number of amides is 1. The van der Waals surface area contributed by atoms with E-state index < -0.39 is 6.04 Å². The van der Waals surface area contributed by atoms with E-state index in [1.807, 2.05) is 32.7 Å². The van der Waals surface area contributed by atoms with Gasteiger partial charge in [0, 0.05) is 13.1 Å². The molecule has 1 aliphatic rings. The quantitative estimate of drug-likeness (QED) is 0.805. The zero-order valence-electron chi connectivity index (χ0n) is 12.0. The van der Waals surface area contributed by atoms with Crippen LogP contribution in [0.25, 0.3) is 0 Å². The van der Waals surface area contributed by atoms with E-state index in [-0.39, 0.29) is 11.3 Å². The molecule has 100 valence electrons. The molecule has 0 aliphatic heterocycles. The van der Waals surface area contributed by atoms with Crippen molar-refractivity contribution in [2.75, 3.05) is 7.05 Å². The summed E-state index contributed by atoms with van der Waals surface area (Å²) in [5, 5.41) is 0. The van der Waals surface area contributed by atoms with Crippen LogP contribution < -0.4 is 5.73 Å². The van der Waals surface area contributed by atoms with Crippen molar-refractivity contribution in [3.05, 3.63) is 0 Å². The Hall–Kier alpha value is -0.570. The van der Waals surface area contributed by atoms with Crippen molar-refractivity contribution in [2.24, 2.45) is 17.1 Å². The normalized spacial score (nSPS) is 27.6. The first kappa shape index (κ1) is 14.5. The Bertz CT molecular complexity index is 270. The summed E-state index contributed by atoms with van der Waals surface area (Å²) in [4.78, 5) is 14.2. The molecule has 1 amide bonds. The first-order valence-corrected chi connectivity index (χ1v) is 6.77. The smallest absolute Gasteiger partial charge is 0.240 e. The maximum atomic E-state index is 12.3. The highest BCUT2D eigenvalue weighted by Crippen LogP contribution is 2.29. The minimum Gasteiger partial charge on any atom is -0.341 e. The van der Waals surface area contributed by atoms with Crippen LogP contribution in [0.1, 0.15) is 53.4 Å². The van der Waals surface area contributed by atoms with E-state index in [0.29, 0.717) is 12.0 Å². The number of nitrogens with two attached hydrogens (primary N) is 1. The molecule has 0 radical (unpaired) electrons. The summed E-state index contributed by atoms with van der Waals surface area (Å²) in [5.41, 5.74) is 5.89. The molecule has 2 N–H and O–H groups in total. The third kappa shape index (κ3) is 3.44. The molecule has 0 bridgehead atoms. The van der Waals surface area contributed by atoms with E-state index in [1.54, 1.807) is 0 Å². The molecule has 1 aliphatic carbocycles. The van der Waals surface area contributed by atoms with Gasteiger partial charge in [-0.2, -0.15) is 0 Å². The number of hydrogen-bond acceptors (Lipinski definition) is 2. The third-order valence-electron chi connectivity index (χ3n) is 4.11. The highest BCUT2D eigenvalue weighted by molar-refractivity contribution is 5.82. The average Bonchev–Trinajstić information content (AvgIpc) is 2.25. The van der Waals surface area contributed by atoms with Gasteiger partial charge < -0.3 is 10.6 Å². The van der Waals surface area contributed by atoms with Crippen LogP contribution in [-0.4, -0.2) is 29.9 Å². The van der Waals surface area contributed by atoms with Crippen LogP contribution in [0, 0.1) is 11.3 Å². The van der Waals surface area contributed by atoms with Crippen molar-refractivity contribution in [3.8, 4) is 0 Å². The maximum Gasteiger partial charge on any atom is 0.240 e. The Kier molecular flexibility index (Phi) is 4.59. The summed E-state index contributed by atoms with van der Waals surface area (Å²) in [7, 11) is 1.92. The molecule has 0 spiro atoms. The van der Waals surface area contributed by atoms with Gasteiger partial charge in [-0.3, -0.25) is 4.79 Å². The van der Waals surface area contributed by atoms with Gasteiger partial charge in [0.05, 0.1) is 6.04 Å². The van der Waals surface area contributed by atoms with E-state index in [9.17, 15) is 4.79 Å². The Morgan fingerprint density at radius 3 is 2.29 bits per heavy atom. The fourth-order valence-corrected chi connectivity index (χ4v) is 2.63. The molecule has 3 heteroatoms. The minimum atomic E-state index is -0.401. The average molecular weight is 240 g/mol. The summed E-state index contributed by atoms with van der Waals surface area (Å²) in [6.45, 7) is 8.31. The highest BCUT2D eigenvalue weighted by atomic mass is 16.2. The molecule has 1 fully saturated rings. The molecule has 1 saturated carbocycles. The van der Waals surface area contributed by atoms with E-state index in [1.165, 1.54) is 19.3 Å². The van der Waals surface area contributed by atoms with E-state index in [4.69, 9.17) is 5.73 Å². The Balaban J connectivity index is 2.68. The Labute approximate surface area is 106 Å². The van der Waals surface area contributed by atoms with Crippen LogP contribution in [0.2, 0.25) is 0 Å². The molecule has 0 aromatic rings. The molecule has 0 heterocycles. The van der Waals surface area contributed by atoms with E-state index in [0.717, 1.165) is 6.42 Å². The lowest BCUT2D eigenvalue weighted by atomic mass is 9.83. The number of likely N-dealkylation sites (N-methyl/N-ethyl adjacent to an activating group) is 1. The summed E-state index contributed by atoms with van der Waals surface area (Å²) in [6.07, 6.45) is 4.88. The van der Waals surface area contributed by atoms with E-state index >= 15 is 0 Å². The van der Waals surface area contributed by atoms with Gasteiger partial charge in [0.1, 0.15) is 0 Å². The lowest BCUT2D eigenvalue weighted by Gasteiger charge is -2.39. The molecule has 0 saturated heterocycles. The van der Waals surface area contributed by atoms with Crippen molar-refractivity contribution in [2.45, 2.75) is 65.5 Å². The van der Waals surface area contributed by atoms with Crippen LogP contribution in [0.4, 0.5) is 0 Å². The summed E-state index contributed by atoms with van der Waals surface area (Å²) >= 11 is 0. The zero-order chi connectivity index (χ0) is 13.2. The number of hydrogen-bond donors (Lipinski definition) is 1. The molecular weight excluding hydrogens is 212 g/mol. The molecular formula is C14H28N2O. The van der Waals surface area contributed by atoms with Gasteiger partial charge in [-0.15, -0.1) is 0 Å². The first-order valence-electron chi connectivity index (χ1n) is 6.77. The molecule has 3 nitrogen and oxygen atoms in total. The Morgan fingerprint density at radius 2 is 1.82 bits per heavy atom. The molecule has 17 heavy (non-hydrogen) atoms. The summed E-state index contributed by atoms with van der Waals surface area (Å²) in [6, 6.07) is -0.0220. The summed E-state index contributed by atoms with van der Waals surface area (Å²) < 4.78 is 0. The SMILES string of the molecule is CC1CCCCC1N(C)C(=O)[C@@H](N)C(C)(C)C. The standard InChI is InChI=1S/C14H28N2O/c1-10-8-6-7-9-11(10)16(5)13(17)12(15)14(2,3)4/h10-12H,6-9,15H2,1-5H3/t10?,11?,12-/m1/s1. The van der Waals surface area contributed by atoms with Gasteiger partial charge in [0.25, 0.3) is 0 Å². The predicted molar refractivity (Wildman–Crippen MR) is 71.6 cm³/mol. The largest absolute Gasteiger partial charge is 0.341 e. The number of carbonyl (C=O) groups is 1. The second-order valence-corrected chi connectivity index (χ2v) is 6.62. The number of rotatable bonds is 2. The van der Waals surface area contributed by atoms with Crippen molar-refractivity contribution in [1.82, 2.24) is 4.90 Å². The fourth-order valence-electron chi connectivity index (χ4n) is 2.63. The van der Waals surface area contributed by atoms with Crippen LogP contribution in [0.5, 0.6) is 0 Å². The molecule has 3 atom stereocenters. The van der Waals surface area contributed by atoms with Crippen LogP contribution in [0.3, 0.4) is 0 Å². The first-order chi connectivity index (χ1) is 7.75. The molecule has 2 unspecified atom stereocenters. The highest BCUT2D eigenvalue weighted by Gasteiger charge is 2.34. The van der Waals surface area contributed by atoms with Gasteiger partial charge in [-0.25, -0.2) is 0 Å². The van der Waals surface area contributed by atoms with Crippen LogP contribution in [0.15, 0.2) is 0 Å². The molecule has 0 aromatic carbocycles. The summed E-state index contributed by atoms with van der Waals surface area (Å²) in [5.74, 6) is 0.695. The van der Waals surface area contributed by atoms with E-state index in [2.05, 4.69) is 6.92 Å². The topological polar surface area (TPSA) is 46.3 Å². The van der Waals surface area contributed by atoms with Crippen molar-refractivity contribution in [1.29, 1.82) is 0 Å². The second-order valence-electron chi connectivity index (χ2n) is 6.62. The third-order valence-corrected chi connectivity index (χ3v) is 4.11. The van der Waals surface area contributed by atoms with Gasteiger partial charge in [-0.1, -0.05) is 40.5 Å². The lowest BCUT2D eigenvalue weighted by Crippen LogP contribution is -2.53. The van der Waals surface area contributed by atoms with Crippen molar-refractivity contribution >= 4 is 5.91 Å².